The molecule has 0 spiro atoms. The van der Waals surface area contributed by atoms with Gasteiger partial charge >= 0.3 is 5.97 Å². The van der Waals surface area contributed by atoms with Crippen LogP contribution in [0.1, 0.15) is 29.2 Å². The highest BCUT2D eigenvalue weighted by molar-refractivity contribution is 7.17. The zero-order chi connectivity index (χ0) is 18.6. The third-order valence-electron chi connectivity index (χ3n) is 3.47. The number of hydrogen-bond acceptors (Lipinski definition) is 6. The van der Waals surface area contributed by atoms with Crippen molar-refractivity contribution in [3.05, 3.63) is 34.8 Å². The van der Waals surface area contributed by atoms with Gasteiger partial charge in [-0.2, -0.15) is 0 Å². The van der Waals surface area contributed by atoms with E-state index in [1.54, 1.807) is 6.92 Å². The minimum atomic E-state index is -2.02. The van der Waals surface area contributed by atoms with Crippen molar-refractivity contribution in [2.24, 2.45) is 0 Å². The molecule has 1 heterocycles. The van der Waals surface area contributed by atoms with Gasteiger partial charge in [-0.05, 0) is 45.0 Å². The smallest absolute Gasteiger partial charge is 0.337 e. The van der Waals surface area contributed by atoms with Crippen molar-refractivity contribution in [3.8, 4) is 16.3 Å². The lowest BCUT2D eigenvalue weighted by molar-refractivity contribution is -0.155. The van der Waals surface area contributed by atoms with Gasteiger partial charge < -0.3 is 20.3 Å². The van der Waals surface area contributed by atoms with Crippen molar-refractivity contribution in [1.82, 2.24) is 10.3 Å². The number of amides is 1. The van der Waals surface area contributed by atoms with Gasteiger partial charge in [-0.15, -0.1) is 11.3 Å². The predicted molar refractivity (Wildman–Crippen MR) is 94.0 cm³/mol. The van der Waals surface area contributed by atoms with Crippen LogP contribution in [0.4, 0.5) is 0 Å². The number of carbonyl (C=O) groups is 2. The number of thiazole rings is 1. The largest absolute Gasteiger partial charge is 0.494 e. The topological polar surface area (TPSA) is 109 Å². The first-order valence-electron chi connectivity index (χ1n) is 7.69. The third-order valence-corrected chi connectivity index (χ3v) is 4.67. The normalized spacial score (nSPS) is 13.1. The van der Waals surface area contributed by atoms with Crippen LogP contribution in [0, 0.1) is 6.92 Å². The number of carboxylic acids is 1. The lowest BCUT2D eigenvalue weighted by Crippen LogP contribution is -2.46. The molecule has 0 fully saturated rings. The van der Waals surface area contributed by atoms with Crippen molar-refractivity contribution < 1.29 is 24.5 Å². The molecule has 2 rings (SSSR count). The van der Waals surface area contributed by atoms with Gasteiger partial charge in [0.05, 0.1) is 18.8 Å². The highest BCUT2D eigenvalue weighted by atomic mass is 32.1. The predicted octanol–water partition coefficient (Wildman–Crippen LogP) is 2.08. The monoisotopic (exact) mass is 364 g/mol. The van der Waals surface area contributed by atoms with Crippen LogP contribution in [0.2, 0.25) is 0 Å². The van der Waals surface area contributed by atoms with E-state index in [-0.39, 0.29) is 0 Å². The number of aryl methyl sites for hydroxylation is 1. The molecule has 0 aliphatic carbocycles. The Labute approximate surface area is 149 Å². The summed E-state index contributed by atoms with van der Waals surface area (Å²) in [6.45, 7) is 4.93. The van der Waals surface area contributed by atoms with E-state index in [4.69, 9.17) is 9.84 Å². The summed E-state index contributed by atoms with van der Waals surface area (Å²) in [5.74, 6) is -1.11. The van der Waals surface area contributed by atoms with Crippen LogP contribution < -0.4 is 10.1 Å². The number of aliphatic carboxylic acids is 1. The van der Waals surface area contributed by atoms with Crippen LogP contribution in [0.5, 0.6) is 5.75 Å². The summed E-state index contributed by atoms with van der Waals surface area (Å²) in [5, 5.41) is 21.7. The fraction of sp³-hybridized carbons (Fsp3) is 0.353. The number of ether oxygens (including phenoxy) is 1. The molecule has 0 bridgehead atoms. The number of aromatic nitrogens is 1. The Morgan fingerprint density at radius 2 is 1.96 bits per heavy atom. The second-order valence-electron chi connectivity index (χ2n) is 5.65. The Bertz CT molecular complexity index is 768. The maximum Gasteiger partial charge on any atom is 0.337 e. The van der Waals surface area contributed by atoms with Crippen LogP contribution in [0.15, 0.2) is 24.3 Å². The number of nitrogens with one attached hydrogen (secondary N) is 1. The first-order valence-corrected chi connectivity index (χ1v) is 8.51. The molecule has 1 unspecified atom stereocenters. The van der Waals surface area contributed by atoms with Crippen LogP contribution >= 0.6 is 11.3 Å². The maximum atomic E-state index is 12.3. The van der Waals surface area contributed by atoms with Gasteiger partial charge in [0.1, 0.15) is 15.6 Å². The van der Waals surface area contributed by atoms with Crippen LogP contribution in [-0.2, 0) is 4.79 Å². The lowest BCUT2D eigenvalue weighted by Gasteiger charge is -2.17. The SMILES string of the molecule is CCOc1ccc(-c2nc(C)c(C(=O)NCC(C)(O)C(=O)O)s2)cc1. The maximum absolute atomic E-state index is 12.3. The van der Waals surface area contributed by atoms with Gasteiger partial charge in [0.25, 0.3) is 5.91 Å². The number of hydrogen-bond donors (Lipinski definition) is 3. The Balaban J connectivity index is 2.13. The van der Waals surface area contributed by atoms with Gasteiger partial charge in [0.15, 0.2) is 5.60 Å². The van der Waals surface area contributed by atoms with Gasteiger partial charge in [-0.3, -0.25) is 4.79 Å². The third kappa shape index (κ3) is 4.55. The van der Waals surface area contributed by atoms with E-state index in [1.807, 2.05) is 31.2 Å². The number of nitrogens with zero attached hydrogens (tertiary/aromatic N) is 1. The molecule has 0 aliphatic rings. The van der Waals surface area contributed by atoms with Crippen LogP contribution in [0.25, 0.3) is 10.6 Å². The molecule has 8 heteroatoms. The first kappa shape index (κ1) is 18.9. The second-order valence-corrected chi connectivity index (χ2v) is 6.65. The average molecular weight is 364 g/mol. The minimum Gasteiger partial charge on any atom is -0.494 e. The molecule has 7 nitrogen and oxygen atoms in total. The zero-order valence-electron chi connectivity index (χ0n) is 14.2. The summed E-state index contributed by atoms with van der Waals surface area (Å²) < 4.78 is 5.39. The summed E-state index contributed by atoms with van der Waals surface area (Å²) in [7, 11) is 0. The molecule has 2 aromatic rings. The van der Waals surface area contributed by atoms with Crippen molar-refractivity contribution in [3.63, 3.8) is 0 Å². The van der Waals surface area contributed by atoms with Crippen LogP contribution in [0.3, 0.4) is 0 Å². The average Bonchev–Trinajstić information content (AvgIpc) is 2.95. The summed E-state index contributed by atoms with van der Waals surface area (Å²) in [6, 6.07) is 7.39. The Morgan fingerprint density at radius 3 is 2.52 bits per heavy atom. The van der Waals surface area contributed by atoms with E-state index in [2.05, 4.69) is 10.3 Å². The van der Waals surface area contributed by atoms with Crippen molar-refractivity contribution in [2.75, 3.05) is 13.2 Å². The van der Waals surface area contributed by atoms with Crippen LogP contribution in [-0.4, -0.2) is 45.8 Å². The number of carboxylic acid groups (broad SMARTS) is 1. The molecule has 1 aromatic heterocycles. The molecule has 134 valence electrons. The number of aliphatic hydroxyl groups is 1. The van der Waals surface area contributed by atoms with E-state index >= 15 is 0 Å². The van der Waals surface area contributed by atoms with Gasteiger partial charge in [0.2, 0.25) is 0 Å². The molecule has 1 aromatic carbocycles. The molecule has 1 amide bonds. The Hall–Kier alpha value is -2.45. The molecule has 0 saturated carbocycles. The lowest BCUT2D eigenvalue weighted by atomic mass is 10.1. The fourth-order valence-electron chi connectivity index (χ4n) is 2.00. The quantitative estimate of drug-likeness (QED) is 0.694. The molecule has 3 N–H and O–H groups in total. The van der Waals surface area contributed by atoms with Gasteiger partial charge in [0, 0.05) is 5.56 Å². The molecule has 25 heavy (non-hydrogen) atoms. The van der Waals surface area contributed by atoms with E-state index < -0.39 is 24.0 Å². The molecule has 0 saturated heterocycles. The van der Waals surface area contributed by atoms with Gasteiger partial charge in [-0.25, -0.2) is 9.78 Å². The van der Waals surface area contributed by atoms with E-state index in [9.17, 15) is 14.7 Å². The zero-order valence-corrected chi connectivity index (χ0v) is 15.0. The molecule has 0 radical (unpaired) electrons. The number of carbonyl (C=O) groups excluding carboxylic acids is 1. The molecular weight excluding hydrogens is 344 g/mol. The molecular formula is C17H20N2O5S. The van der Waals surface area contributed by atoms with Crippen molar-refractivity contribution >= 4 is 23.2 Å². The van der Waals surface area contributed by atoms with E-state index in [0.717, 1.165) is 18.2 Å². The number of rotatable bonds is 7. The van der Waals surface area contributed by atoms with Gasteiger partial charge in [-0.1, -0.05) is 0 Å². The standard InChI is InChI=1S/C17H20N2O5S/c1-4-24-12-7-5-11(6-8-12)15-19-10(2)13(25-15)14(20)18-9-17(3,23)16(21)22/h5-8,23H,4,9H2,1-3H3,(H,18,20)(H,21,22). The van der Waals surface area contributed by atoms with Crippen molar-refractivity contribution in [2.45, 2.75) is 26.4 Å². The molecule has 1 atom stereocenters. The highest BCUT2D eigenvalue weighted by Crippen LogP contribution is 2.29. The summed E-state index contributed by atoms with van der Waals surface area (Å²) in [5.41, 5.74) is -0.624. The van der Waals surface area contributed by atoms with Crippen molar-refractivity contribution in [1.29, 1.82) is 0 Å². The van der Waals surface area contributed by atoms with E-state index in [0.29, 0.717) is 22.2 Å². The summed E-state index contributed by atoms with van der Waals surface area (Å²) >= 11 is 1.21. The summed E-state index contributed by atoms with van der Waals surface area (Å²) in [4.78, 5) is 27.9. The van der Waals surface area contributed by atoms with E-state index in [1.165, 1.54) is 11.3 Å². The fourth-order valence-corrected chi connectivity index (χ4v) is 2.99. The Morgan fingerprint density at radius 1 is 1.32 bits per heavy atom. The Kier molecular flexibility index (Phi) is 5.76. The minimum absolute atomic E-state index is 0.380. The first-order chi connectivity index (χ1) is 11.7. The second kappa shape index (κ2) is 7.62. The summed E-state index contributed by atoms with van der Waals surface area (Å²) in [6.07, 6.45) is 0. The molecule has 0 aliphatic heterocycles. The number of benzene rings is 1. The highest BCUT2D eigenvalue weighted by Gasteiger charge is 2.31.